The van der Waals surface area contributed by atoms with Gasteiger partial charge in [-0.25, -0.2) is 4.79 Å². The third-order valence-corrected chi connectivity index (χ3v) is 7.59. The first-order valence-corrected chi connectivity index (χ1v) is 7.89. The van der Waals surface area contributed by atoms with Gasteiger partial charge in [-0.15, -0.1) is 23.5 Å². The summed E-state index contributed by atoms with van der Waals surface area (Å²) in [6.07, 6.45) is 4.01. The Balaban J connectivity index is 1.76. The molecule has 1 aliphatic carbocycles. The molecule has 102 valence electrons. The molecule has 2 fully saturated rings. The van der Waals surface area contributed by atoms with E-state index in [0.717, 1.165) is 5.56 Å². The second-order valence-electron chi connectivity index (χ2n) is 5.17. The van der Waals surface area contributed by atoms with Crippen molar-refractivity contribution in [2.24, 2.45) is 0 Å². The smallest absolute Gasteiger partial charge is 0.335 e. The van der Waals surface area contributed by atoms with Gasteiger partial charge in [-0.3, -0.25) is 4.79 Å². The molecule has 4 rings (SSSR count). The van der Waals surface area contributed by atoms with Crippen LogP contribution >= 0.6 is 23.5 Å². The summed E-state index contributed by atoms with van der Waals surface area (Å²) in [5, 5.41) is 18.6. The number of fused-ring (bicyclic) bond motifs is 3. The van der Waals surface area contributed by atoms with E-state index in [1.165, 1.54) is 11.8 Å². The first kappa shape index (κ1) is 12.3. The Labute approximate surface area is 123 Å². The Bertz CT molecular complexity index is 686. The molecular formula is C14H10O4S2. The third kappa shape index (κ3) is 1.36. The number of aromatic carboxylic acids is 1. The van der Waals surface area contributed by atoms with E-state index in [1.807, 2.05) is 12.1 Å². The normalized spacial score (nSPS) is 39.6. The molecule has 20 heavy (non-hydrogen) atoms. The predicted molar refractivity (Wildman–Crippen MR) is 77.3 cm³/mol. The highest BCUT2D eigenvalue weighted by molar-refractivity contribution is 8.14. The molecular weight excluding hydrogens is 296 g/mol. The molecule has 1 aromatic rings. The van der Waals surface area contributed by atoms with Gasteiger partial charge in [0.25, 0.3) is 0 Å². The van der Waals surface area contributed by atoms with Crippen LogP contribution in [0.2, 0.25) is 0 Å². The predicted octanol–water partition coefficient (Wildman–Crippen LogP) is 2.20. The molecule has 2 saturated heterocycles. The quantitative estimate of drug-likeness (QED) is 0.659. The number of aliphatic carboxylic acids is 1. The summed E-state index contributed by atoms with van der Waals surface area (Å²) < 4.78 is -1.07. The molecule has 1 aromatic carbocycles. The van der Waals surface area contributed by atoms with Crippen molar-refractivity contribution in [1.29, 1.82) is 0 Å². The van der Waals surface area contributed by atoms with Crippen molar-refractivity contribution >= 4 is 35.5 Å². The average molecular weight is 306 g/mol. The van der Waals surface area contributed by atoms with Crippen LogP contribution in [-0.2, 0) is 9.54 Å². The number of thioether (sulfide) groups is 2. The zero-order chi connectivity index (χ0) is 14.1. The fraction of sp³-hybridized carbons (Fsp3) is 0.286. The maximum atomic E-state index is 11.5. The summed E-state index contributed by atoms with van der Waals surface area (Å²) in [5.41, 5.74) is 1.13. The lowest BCUT2D eigenvalue weighted by molar-refractivity contribution is -0.138. The van der Waals surface area contributed by atoms with Crippen LogP contribution in [0.15, 0.2) is 36.4 Å². The molecule has 2 heterocycles. The summed E-state index contributed by atoms with van der Waals surface area (Å²) >= 11 is 3.10. The van der Waals surface area contributed by atoms with Crippen LogP contribution in [0.3, 0.4) is 0 Å². The maximum Gasteiger partial charge on any atom is 0.335 e. The molecule has 4 nitrogen and oxygen atoms in total. The first-order chi connectivity index (χ1) is 9.50. The van der Waals surface area contributed by atoms with E-state index in [2.05, 4.69) is 6.08 Å². The number of carbonyl (C=O) groups is 2. The summed E-state index contributed by atoms with van der Waals surface area (Å²) in [6.45, 7) is 0. The average Bonchev–Trinajstić information content (AvgIpc) is 3.29. The minimum Gasteiger partial charge on any atom is -0.480 e. The van der Waals surface area contributed by atoms with Gasteiger partial charge < -0.3 is 10.2 Å². The van der Waals surface area contributed by atoms with Crippen LogP contribution in [0.1, 0.15) is 15.9 Å². The summed E-state index contributed by atoms with van der Waals surface area (Å²) in [4.78, 5) is 22.6. The molecule has 4 atom stereocenters. The van der Waals surface area contributed by atoms with Crippen LogP contribution < -0.4 is 0 Å². The van der Waals surface area contributed by atoms with E-state index in [9.17, 15) is 14.7 Å². The Morgan fingerprint density at radius 1 is 1.20 bits per heavy atom. The molecule has 0 bridgehead atoms. The lowest BCUT2D eigenvalue weighted by atomic mass is 9.82. The van der Waals surface area contributed by atoms with E-state index in [1.54, 1.807) is 30.0 Å². The van der Waals surface area contributed by atoms with Crippen molar-refractivity contribution in [3.05, 3.63) is 47.5 Å². The van der Waals surface area contributed by atoms with Crippen LogP contribution in [0.5, 0.6) is 0 Å². The SMILES string of the molecule is O=C(O)c1cccc(C23C=CC4SC4(C(=O)O)C2S3)c1. The van der Waals surface area contributed by atoms with Gasteiger partial charge >= 0.3 is 11.9 Å². The number of rotatable bonds is 3. The maximum absolute atomic E-state index is 11.5. The monoisotopic (exact) mass is 306 g/mol. The molecule has 0 radical (unpaired) electrons. The number of hydrogen-bond donors (Lipinski definition) is 2. The fourth-order valence-corrected chi connectivity index (χ4v) is 6.26. The van der Waals surface area contributed by atoms with Crippen LogP contribution in [0.4, 0.5) is 0 Å². The van der Waals surface area contributed by atoms with Crippen LogP contribution in [0, 0.1) is 0 Å². The van der Waals surface area contributed by atoms with Crippen molar-refractivity contribution in [1.82, 2.24) is 0 Å². The highest BCUT2D eigenvalue weighted by atomic mass is 32.2. The molecule has 3 aliphatic rings. The van der Waals surface area contributed by atoms with E-state index in [-0.39, 0.29) is 20.8 Å². The van der Waals surface area contributed by atoms with E-state index in [0.29, 0.717) is 0 Å². The lowest BCUT2D eigenvalue weighted by Crippen LogP contribution is -2.37. The van der Waals surface area contributed by atoms with E-state index in [4.69, 9.17) is 5.11 Å². The molecule has 6 heteroatoms. The lowest BCUT2D eigenvalue weighted by Gasteiger charge is -2.18. The highest BCUT2D eigenvalue weighted by Crippen LogP contribution is 2.78. The Morgan fingerprint density at radius 2 is 2.00 bits per heavy atom. The molecule has 0 aromatic heterocycles. The largest absolute Gasteiger partial charge is 0.480 e. The molecule has 2 N–H and O–H groups in total. The first-order valence-electron chi connectivity index (χ1n) is 6.13. The van der Waals surface area contributed by atoms with Gasteiger partial charge in [0.05, 0.1) is 20.8 Å². The molecule has 4 unspecified atom stereocenters. The topological polar surface area (TPSA) is 74.6 Å². The Kier molecular flexibility index (Phi) is 2.24. The molecule has 0 saturated carbocycles. The standard InChI is InChI=1S/C14H10O4S2/c15-10(16)7-2-1-3-8(6-7)13-5-4-9-14(19-9,12(17)18)11(13)20-13/h1-6,9,11H,(H,15,16)(H,17,18). The van der Waals surface area contributed by atoms with Gasteiger partial charge in [0.2, 0.25) is 0 Å². The fourth-order valence-electron chi connectivity index (χ4n) is 2.99. The second kappa shape index (κ2) is 3.62. The van der Waals surface area contributed by atoms with Crippen LogP contribution in [-0.4, -0.2) is 37.4 Å². The number of carboxylic acid groups (broad SMARTS) is 2. The van der Waals surface area contributed by atoms with Crippen molar-refractivity contribution in [2.45, 2.75) is 20.0 Å². The summed E-state index contributed by atoms with van der Waals surface area (Å²) in [7, 11) is 0. The Morgan fingerprint density at radius 3 is 2.70 bits per heavy atom. The van der Waals surface area contributed by atoms with E-state index >= 15 is 0 Å². The van der Waals surface area contributed by atoms with E-state index < -0.39 is 16.7 Å². The van der Waals surface area contributed by atoms with Gasteiger partial charge in [-0.1, -0.05) is 24.3 Å². The zero-order valence-corrected chi connectivity index (χ0v) is 11.8. The number of carboxylic acids is 2. The van der Waals surface area contributed by atoms with Gasteiger partial charge in [-0.2, -0.15) is 0 Å². The van der Waals surface area contributed by atoms with Gasteiger partial charge in [-0.05, 0) is 17.7 Å². The van der Waals surface area contributed by atoms with Gasteiger partial charge in [0.15, 0.2) is 0 Å². The minimum absolute atomic E-state index is 0.00320. The van der Waals surface area contributed by atoms with Crippen molar-refractivity contribution in [3.63, 3.8) is 0 Å². The summed E-state index contributed by atoms with van der Waals surface area (Å²) in [6, 6.07) is 6.81. The molecule has 0 spiro atoms. The third-order valence-electron chi connectivity index (χ3n) is 4.14. The van der Waals surface area contributed by atoms with Crippen molar-refractivity contribution in [2.75, 3.05) is 0 Å². The minimum atomic E-state index is -0.961. The van der Waals surface area contributed by atoms with Crippen molar-refractivity contribution < 1.29 is 19.8 Å². The van der Waals surface area contributed by atoms with Crippen LogP contribution in [0.25, 0.3) is 0 Å². The number of hydrogen-bond acceptors (Lipinski definition) is 4. The number of benzene rings is 1. The van der Waals surface area contributed by atoms with Gasteiger partial charge in [0, 0.05) is 0 Å². The van der Waals surface area contributed by atoms with Gasteiger partial charge in [0.1, 0.15) is 4.75 Å². The zero-order valence-electron chi connectivity index (χ0n) is 10.1. The molecule has 2 aliphatic heterocycles. The van der Waals surface area contributed by atoms with Crippen molar-refractivity contribution in [3.8, 4) is 0 Å². The molecule has 0 amide bonds. The second-order valence-corrected chi connectivity index (χ2v) is 7.97. The highest BCUT2D eigenvalue weighted by Gasteiger charge is 2.79. The summed E-state index contributed by atoms with van der Waals surface area (Å²) in [5.74, 6) is -1.72. The Hall–Kier alpha value is -1.40.